The highest BCUT2D eigenvalue weighted by Gasteiger charge is 2.33. The Morgan fingerprint density at radius 3 is 2.00 bits per heavy atom. The summed E-state index contributed by atoms with van der Waals surface area (Å²) in [7, 11) is 0. The maximum absolute atomic E-state index is 11.6. The summed E-state index contributed by atoms with van der Waals surface area (Å²) in [5, 5.41) is 0. The second-order valence-corrected chi connectivity index (χ2v) is 2.82. The van der Waals surface area contributed by atoms with Crippen LogP contribution in [0.15, 0.2) is 0 Å². The van der Waals surface area contributed by atoms with Gasteiger partial charge in [0.25, 0.3) is 0 Å². The van der Waals surface area contributed by atoms with E-state index < -0.39 is 12.5 Å². The molecule has 1 saturated carbocycles. The maximum atomic E-state index is 11.6. The first-order valence-electron chi connectivity index (χ1n) is 3.82. The van der Waals surface area contributed by atoms with Crippen LogP contribution in [0, 0.1) is 0 Å². The van der Waals surface area contributed by atoms with Gasteiger partial charge in [0.2, 0.25) is 0 Å². The lowest BCUT2D eigenvalue weighted by molar-refractivity contribution is -0.345. The number of hydrogen-bond acceptors (Lipinski definition) is 1. The lowest BCUT2D eigenvalue weighted by Gasteiger charge is -2.22. The largest absolute Gasteiger partial charge is 0.522 e. The van der Waals surface area contributed by atoms with E-state index in [4.69, 9.17) is 0 Å². The highest BCUT2D eigenvalue weighted by Crippen LogP contribution is 2.27. The van der Waals surface area contributed by atoms with E-state index in [2.05, 4.69) is 4.74 Å². The summed E-state index contributed by atoms with van der Waals surface area (Å²) in [5.74, 6) is 0. The van der Waals surface area contributed by atoms with Crippen molar-refractivity contribution < 1.29 is 17.9 Å². The van der Waals surface area contributed by atoms with Crippen molar-refractivity contribution in [3.63, 3.8) is 0 Å². The van der Waals surface area contributed by atoms with E-state index in [-0.39, 0.29) is 0 Å². The van der Waals surface area contributed by atoms with E-state index in [1.807, 2.05) is 0 Å². The molecule has 1 fully saturated rings. The Bertz CT molecular complexity index is 115. The fourth-order valence-corrected chi connectivity index (χ4v) is 1.37. The minimum Gasteiger partial charge on any atom is -0.289 e. The summed E-state index contributed by atoms with van der Waals surface area (Å²) in [4.78, 5) is 0. The summed E-state index contributed by atoms with van der Waals surface area (Å²) in [5.41, 5.74) is 0. The van der Waals surface area contributed by atoms with Gasteiger partial charge in [-0.3, -0.25) is 4.74 Å². The lowest BCUT2D eigenvalue weighted by Crippen LogP contribution is -2.25. The molecule has 0 radical (unpaired) electrons. The third-order valence-electron chi connectivity index (χ3n) is 1.85. The summed E-state index contributed by atoms with van der Waals surface area (Å²) >= 11 is 0. The monoisotopic (exact) mass is 168 g/mol. The summed E-state index contributed by atoms with van der Waals surface area (Å²) in [6.45, 7) is 0. The summed E-state index contributed by atoms with van der Waals surface area (Å²) in [6, 6.07) is 0. The lowest BCUT2D eigenvalue weighted by atomic mass is 9.98. The molecule has 0 spiro atoms. The zero-order chi connectivity index (χ0) is 8.32. The minimum atomic E-state index is -4.44. The van der Waals surface area contributed by atoms with Crippen LogP contribution in [0.5, 0.6) is 0 Å². The van der Waals surface area contributed by atoms with Crippen molar-refractivity contribution in [2.75, 3.05) is 0 Å². The van der Waals surface area contributed by atoms with Gasteiger partial charge >= 0.3 is 6.36 Å². The Labute approximate surface area is 63.5 Å². The van der Waals surface area contributed by atoms with E-state index in [0.717, 1.165) is 19.3 Å². The first kappa shape index (κ1) is 8.84. The standard InChI is InChI=1S/C7H11F3O/c8-7(9,10)11-6-4-2-1-3-5-6/h6H,1-5H2. The van der Waals surface area contributed by atoms with Crippen molar-refractivity contribution in [1.82, 2.24) is 0 Å². The molecule has 1 aliphatic carbocycles. The van der Waals surface area contributed by atoms with Gasteiger partial charge in [-0.25, -0.2) is 0 Å². The average Bonchev–Trinajstić information content (AvgIpc) is 1.85. The third-order valence-corrected chi connectivity index (χ3v) is 1.85. The molecule has 0 atom stereocenters. The molecule has 0 aromatic heterocycles. The molecule has 0 bridgehead atoms. The molecule has 0 N–H and O–H groups in total. The van der Waals surface area contributed by atoms with Crippen molar-refractivity contribution in [2.45, 2.75) is 44.6 Å². The van der Waals surface area contributed by atoms with E-state index in [9.17, 15) is 13.2 Å². The fraction of sp³-hybridized carbons (Fsp3) is 1.00. The van der Waals surface area contributed by atoms with E-state index >= 15 is 0 Å². The quantitative estimate of drug-likeness (QED) is 0.585. The molecule has 0 unspecified atom stereocenters. The van der Waals surface area contributed by atoms with Crippen LogP contribution >= 0.6 is 0 Å². The second-order valence-electron chi connectivity index (χ2n) is 2.82. The molecule has 4 heteroatoms. The Balaban J connectivity index is 2.24. The molecule has 11 heavy (non-hydrogen) atoms. The van der Waals surface area contributed by atoms with E-state index in [1.54, 1.807) is 0 Å². The van der Waals surface area contributed by atoms with Gasteiger partial charge in [-0.2, -0.15) is 0 Å². The van der Waals surface area contributed by atoms with Gasteiger partial charge in [-0.15, -0.1) is 13.2 Å². The van der Waals surface area contributed by atoms with Crippen LogP contribution in [0.3, 0.4) is 0 Å². The van der Waals surface area contributed by atoms with Crippen LogP contribution in [0.1, 0.15) is 32.1 Å². The first-order valence-corrected chi connectivity index (χ1v) is 3.82. The van der Waals surface area contributed by atoms with Gasteiger partial charge < -0.3 is 0 Å². The molecule has 66 valence electrons. The van der Waals surface area contributed by atoms with Crippen LogP contribution in [-0.2, 0) is 4.74 Å². The number of alkyl halides is 3. The van der Waals surface area contributed by atoms with Gasteiger partial charge in [0.1, 0.15) is 0 Å². The van der Waals surface area contributed by atoms with Crippen LogP contribution in [0.25, 0.3) is 0 Å². The van der Waals surface area contributed by atoms with Crippen molar-refractivity contribution in [3.05, 3.63) is 0 Å². The number of halogens is 3. The summed E-state index contributed by atoms with van der Waals surface area (Å²) < 4.78 is 38.7. The van der Waals surface area contributed by atoms with Crippen LogP contribution in [-0.4, -0.2) is 12.5 Å². The van der Waals surface area contributed by atoms with Crippen molar-refractivity contribution in [2.24, 2.45) is 0 Å². The van der Waals surface area contributed by atoms with Crippen molar-refractivity contribution >= 4 is 0 Å². The van der Waals surface area contributed by atoms with Gasteiger partial charge in [0.05, 0.1) is 6.10 Å². The molecule has 0 saturated heterocycles. The first-order chi connectivity index (χ1) is 5.08. The second kappa shape index (κ2) is 3.43. The van der Waals surface area contributed by atoms with Gasteiger partial charge in [-0.1, -0.05) is 19.3 Å². The Morgan fingerprint density at radius 2 is 1.55 bits per heavy atom. The Hall–Kier alpha value is -0.250. The molecule has 1 rings (SSSR count). The molecular formula is C7H11F3O. The van der Waals surface area contributed by atoms with Crippen LogP contribution in [0.4, 0.5) is 13.2 Å². The highest BCUT2D eigenvalue weighted by atomic mass is 19.4. The molecule has 0 heterocycles. The van der Waals surface area contributed by atoms with Crippen LogP contribution < -0.4 is 0 Å². The van der Waals surface area contributed by atoms with Gasteiger partial charge in [0.15, 0.2) is 0 Å². The minimum absolute atomic E-state index is 0.555. The number of ether oxygens (including phenoxy) is 1. The number of hydrogen-bond donors (Lipinski definition) is 0. The highest BCUT2D eigenvalue weighted by molar-refractivity contribution is 4.65. The molecule has 0 aromatic carbocycles. The Morgan fingerprint density at radius 1 is 1.00 bits per heavy atom. The molecule has 1 nitrogen and oxygen atoms in total. The van der Waals surface area contributed by atoms with Gasteiger partial charge in [0, 0.05) is 0 Å². The maximum Gasteiger partial charge on any atom is 0.522 e. The normalized spacial score (nSPS) is 22.1. The van der Waals surface area contributed by atoms with Crippen molar-refractivity contribution in [3.8, 4) is 0 Å². The predicted molar refractivity (Wildman–Crippen MR) is 34.0 cm³/mol. The van der Waals surface area contributed by atoms with Crippen molar-refractivity contribution in [1.29, 1.82) is 0 Å². The molecule has 0 aliphatic heterocycles. The number of rotatable bonds is 1. The average molecular weight is 168 g/mol. The molecule has 0 aromatic rings. The Kier molecular flexibility index (Phi) is 2.76. The zero-order valence-electron chi connectivity index (χ0n) is 6.16. The zero-order valence-corrected chi connectivity index (χ0v) is 6.16. The smallest absolute Gasteiger partial charge is 0.289 e. The van der Waals surface area contributed by atoms with E-state index in [1.165, 1.54) is 0 Å². The molecular weight excluding hydrogens is 157 g/mol. The molecule has 0 amide bonds. The fourth-order valence-electron chi connectivity index (χ4n) is 1.37. The topological polar surface area (TPSA) is 9.23 Å². The molecule has 1 aliphatic rings. The summed E-state index contributed by atoms with van der Waals surface area (Å²) in [6.07, 6.45) is -1.15. The van der Waals surface area contributed by atoms with Gasteiger partial charge in [-0.05, 0) is 12.8 Å². The third kappa shape index (κ3) is 3.60. The SMILES string of the molecule is FC(F)(F)OC1CCCCC1. The van der Waals surface area contributed by atoms with Crippen LogP contribution in [0.2, 0.25) is 0 Å². The predicted octanol–water partition coefficient (Wildman–Crippen LogP) is 2.86. The van der Waals surface area contributed by atoms with E-state index in [0.29, 0.717) is 12.8 Å².